The van der Waals surface area contributed by atoms with Crippen molar-refractivity contribution in [1.82, 2.24) is 0 Å². The fraction of sp³-hybridized carbons (Fsp3) is 0.222. The summed E-state index contributed by atoms with van der Waals surface area (Å²) in [7, 11) is -3.32. The van der Waals surface area contributed by atoms with Gasteiger partial charge in [0, 0.05) is 11.3 Å². The monoisotopic (exact) mass is 296 g/mol. The van der Waals surface area contributed by atoms with E-state index in [0.29, 0.717) is 16.7 Å². The smallest absolute Gasteiger partial charge is 0.199 e. The van der Waals surface area contributed by atoms with Gasteiger partial charge in [-0.1, -0.05) is 48.0 Å². The van der Waals surface area contributed by atoms with Crippen molar-refractivity contribution in [1.29, 1.82) is 0 Å². The third kappa shape index (κ3) is 2.04. The lowest BCUT2D eigenvalue weighted by atomic mass is 9.70. The van der Waals surface area contributed by atoms with Crippen molar-refractivity contribution in [3.05, 3.63) is 76.7 Å². The van der Waals surface area contributed by atoms with Gasteiger partial charge in [0.25, 0.3) is 0 Å². The summed E-state index contributed by atoms with van der Waals surface area (Å²) >= 11 is 0. The Morgan fingerprint density at radius 2 is 1.62 bits per heavy atom. The molecule has 0 aromatic heterocycles. The Balaban J connectivity index is 1.71. The van der Waals surface area contributed by atoms with Crippen LogP contribution in [-0.4, -0.2) is 8.42 Å². The van der Waals surface area contributed by atoms with E-state index in [-0.39, 0.29) is 0 Å². The molecule has 0 aliphatic heterocycles. The van der Waals surface area contributed by atoms with Crippen molar-refractivity contribution in [2.75, 3.05) is 0 Å². The highest BCUT2D eigenvalue weighted by Gasteiger charge is 2.43. The van der Waals surface area contributed by atoms with E-state index in [9.17, 15) is 8.42 Å². The molecule has 1 fully saturated rings. The molecule has 3 heteroatoms. The molecule has 2 nitrogen and oxygen atoms in total. The van der Waals surface area contributed by atoms with Crippen LogP contribution in [0.2, 0.25) is 0 Å². The first-order chi connectivity index (χ1) is 10.1. The molecular formula is C18H16O2S. The highest BCUT2D eigenvalue weighted by molar-refractivity contribution is 7.94. The van der Waals surface area contributed by atoms with Gasteiger partial charge in [0.05, 0.1) is 4.90 Å². The maximum Gasteiger partial charge on any atom is 0.199 e. The Kier molecular flexibility index (Phi) is 2.79. The number of allylic oxidation sites excluding steroid dienone is 1. The van der Waals surface area contributed by atoms with E-state index in [0.717, 1.165) is 18.4 Å². The van der Waals surface area contributed by atoms with Gasteiger partial charge in [0.2, 0.25) is 0 Å². The second-order valence-electron chi connectivity index (χ2n) is 5.90. The summed E-state index contributed by atoms with van der Waals surface area (Å²) < 4.78 is 24.9. The molecule has 106 valence electrons. The Hall–Kier alpha value is -1.87. The van der Waals surface area contributed by atoms with Crippen molar-refractivity contribution in [3.8, 4) is 0 Å². The van der Waals surface area contributed by atoms with E-state index < -0.39 is 9.84 Å². The molecule has 2 aliphatic rings. The second-order valence-corrected chi connectivity index (χ2v) is 7.69. The predicted molar refractivity (Wildman–Crippen MR) is 82.7 cm³/mol. The van der Waals surface area contributed by atoms with Gasteiger partial charge >= 0.3 is 0 Å². The number of hydrogen-bond donors (Lipinski definition) is 0. The molecule has 2 aromatic carbocycles. The quantitative estimate of drug-likeness (QED) is 0.846. The first-order valence-corrected chi connectivity index (χ1v) is 8.78. The van der Waals surface area contributed by atoms with Crippen LogP contribution in [0.25, 0.3) is 0 Å². The molecule has 0 N–H and O–H groups in total. The van der Waals surface area contributed by atoms with E-state index in [2.05, 4.69) is 18.2 Å². The molecule has 0 spiro atoms. The van der Waals surface area contributed by atoms with Crippen molar-refractivity contribution < 1.29 is 8.42 Å². The molecule has 1 saturated carbocycles. The van der Waals surface area contributed by atoms with E-state index in [1.54, 1.807) is 24.3 Å². The molecule has 0 heterocycles. The largest absolute Gasteiger partial charge is 0.219 e. The van der Waals surface area contributed by atoms with Crippen LogP contribution in [0.15, 0.2) is 70.5 Å². The molecule has 2 aliphatic carbocycles. The zero-order chi connectivity index (χ0) is 14.4. The lowest BCUT2D eigenvalue weighted by Gasteiger charge is -2.34. The van der Waals surface area contributed by atoms with Gasteiger partial charge < -0.3 is 0 Å². The highest BCUT2D eigenvalue weighted by atomic mass is 32.2. The summed E-state index contributed by atoms with van der Waals surface area (Å²) in [6.45, 7) is 0. The van der Waals surface area contributed by atoms with Gasteiger partial charge in [-0.2, -0.15) is 0 Å². The van der Waals surface area contributed by atoms with E-state index >= 15 is 0 Å². The first-order valence-electron chi connectivity index (χ1n) is 7.23. The Labute approximate surface area is 125 Å². The number of sulfone groups is 1. The average Bonchev–Trinajstić information content (AvgIpc) is 2.78. The lowest BCUT2D eigenvalue weighted by Crippen LogP contribution is -2.24. The summed E-state index contributed by atoms with van der Waals surface area (Å²) in [4.78, 5) is 0.382. The summed E-state index contributed by atoms with van der Waals surface area (Å²) in [6, 6.07) is 17.1. The minimum Gasteiger partial charge on any atom is -0.219 e. The third-order valence-electron chi connectivity index (χ3n) is 4.62. The van der Waals surface area contributed by atoms with Gasteiger partial charge in [0.15, 0.2) is 9.84 Å². The van der Waals surface area contributed by atoms with Crippen molar-refractivity contribution >= 4 is 9.84 Å². The van der Waals surface area contributed by atoms with E-state index in [4.69, 9.17) is 0 Å². The highest BCUT2D eigenvalue weighted by Crippen LogP contribution is 2.54. The van der Waals surface area contributed by atoms with Crippen LogP contribution in [0, 0.1) is 5.92 Å². The predicted octanol–water partition coefficient (Wildman–Crippen LogP) is 3.70. The van der Waals surface area contributed by atoms with Gasteiger partial charge in [-0.3, -0.25) is 0 Å². The maximum absolute atomic E-state index is 12.5. The molecule has 4 rings (SSSR count). The van der Waals surface area contributed by atoms with Gasteiger partial charge in [0.1, 0.15) is 0 Å². The zero-order valence-corrected chi connectivity index (χ0v) is 12.4. The number of benzene rings is 2. The van der Waals surface area contributed by atoms with Crippen LogP contribution < -0.4 is 0 Å². The molecule has 0 bridgehead atoms. The van der Waals surface area contributed by atoms with Crippen molar-refractivity contribution in [2.24, 2.45) is 5.92 Å². The summed E-state index contributed by atoms with van der Waals surface area (Å²) in [6.07, 6.45) is 2.00. The minimum absolute atomic E-state index is 0.319. The van der Waals surface area contributed by atoms with Crippen LogP contribution in [0.3, 0.4) is 0 Å². The fourth-order valence-corrected chi connectivity index (χ4v) is 4.95. The summed E-state index contributed by atoms with van der Waals surface area (Å²) in [5, 5.41) is 1.51. The average molecular weight is 296 g/mol. The minimum atomic E-state index is -3.32. The van der Waals surface area contributed by atoms with E-state index in [1.807, 2.05) is 12.1 Å². The van der Waals surface area contributed by atoms with E-state index in [1.165, 1.54) is 16.5 Å². The van der Waals surface area contributed by atoms with Gasteiger partial charge in [-0.15, -0.1) is 0 Å². The molecule has 0 amide bonds. The van der Waals surface area contributed by atoms with Gasteiger partial charge in [-0.05, 0) is 42.0 Å². The first kappa shape index (κ1) is 12.8. The van der Waals surface area contributed by atoms with Crippen LogP contribution in [0.1, 0.15) is 23.5 Å². The fourth-order valence-electron chi connectivity index (χ4n) is 3.64. The maximum atomic E-state index is 12.5. The van der Waals surface area contributed by atoms with Crippen LogP contribution in [0.5, 0.6) is 0 Å². The molecule has 0 radical (unpaired) electrons. The SMILES string of the molecule is O=S(=O)(/C=C1\C[C@@H]2Cc3ccccc3[C@H]12)c1ccccc1. The Morgan fingerprint density at radius 3 is 2.43 bits per heavy atom. The van der Waals surface area contributed by atoms with Crippen LogP contribution >= 0.6 is 0 Å². The van der Waals surface area contributed by atoms with Crippen molar-refractivity contribution in [3.63, 3.8) is 0 Å². The number of hydrogen-bond acceptors (Lipinski definition) is 2. The van der Waals surface area contributed by atoms with Gasteiger partial charge in [-0.25, -0.2) is 8.42 Å². The second kappa shape index (κ2) is 4.57. The lowest BCUT2D eigenvalue weighted by molar-refractivity contribution is 0.388. The standard InChI is InChI=1S/C18H16O2S/c19-21(20,16-7-2-1-3-8-16)12-15-11-14-10-13-6-4-5-9-17(13)18(14)15/h1-9,12,14,18H,10-11H2/b15-12+/t14-,18-/m0/s1. The summed E-state index contributed by atoms with van der Waals surface area (Å²) in [5.41, 5.74) is 3.77. The topological polar surface area (TPSA) is 34.1 Å². The molecule has 21 heavy (non-hydrogen) atoms. The zero-order valence-electron chi connectivity index (χ0n) is 11.6. The number of rotatable bonds is 2. The molecule has 2 atom stereocenters. The summed E-state index contributed by atoms with van der Waals surface area (Å²) in [5.74, 6) is 0.916. The number of fused-ring (bicyclic) bond motifs is 3. The molecule has 0 unspecified atom stereocenters. The van der Waals surface area contributed by atoms with Crippen molar-refractivity contribution in [2.45, 2.75) is 23.7 Å². The Bertz CT molecular complexity index is 819. The van der Waals surface area contributed by atoms with Crippen LogP contribution in [-0.2, 0) is 16.3 Å². The molecular weight excluding hydrogens is 280 g/mol. The Morgan fingerprint density at radius 1 is 0.905 bits per heavy atom. The molecule has 0 saturated heterocycles. The normalized spacial score (nSPS) is 25.2. The molecule has 2 aromatic rings. The third-order valence-corrected chi connectivity index (χ3v) is 6.16. The van der Waals surface area contributed by atoms with Crippen LogP contribution in [0.4, 0.5) is 0 Å².